The molecular formula is C24H21F3O7. The minimum Gasteiger partial charge on any atom is -0.484 e. The molecule has 0 fully saturated rings. The van der Waals surface area contributed by atoms with E-state index in [2.05, 4.69) is 0 Å². The zero-order valence-electron chi connectivity index (χ0n) is 18.4. The molecule has 0 saturated heterocycles. The van der Waals surface area contributed by atoms with Crippen LogP contribution in [0.1, 0.15) is 31.1 Å². The summed E-state index contributed by atoms with van der Waals surface area (Å²) in [5.74, 6) is -1.63. The van der Waals surface area contributed by atoms with Gasteiger partial charge >= 0.3 is 17.8 Å². The first-order chi connectivity index (χ1) is 15.9. The second kappa shape index (κ2) is 8.14. The summed E-state index contributed by atoms with van der Waals surface area (Å²) >= 11 is 0. The number of fused-ring (bicyclic) bond motifs is 3. The van der Waals surface area contributed by atoms with Gasteiger partial charge in [0.1, 0.15) is 23.0 Å². The van der Waals surface area contributed by atoms with Crippen molar-refractivity contribution in [3.05, 3.63) is 76.1 Å². The highest BCUT2D eigenvalue weighted by Gasteiger charge is 2.65. The topological polar surface area (TPSA) is 95.2 Å². The lowest BCUT2D eigenvalue weighted by Gasteiger charge is -2.43. The monoisotopic (exact) mass is 478 g/mol. The van der Waals surface area contributed by atoms with Crippen LogP contribution in [0.25, 0.3) is 11.0 Å². The van der Waals surface area contributed by atoms with Gasteiger partial charge in [-0.2, -0.15) is 13.2 Å². The number of rotatable bonds is 4. The lowest BCUT2D eigenvalue weighted by atomic mass is 9.87. The average Bonchev–Trinajstić information content (AvgIpc) is 2.77. The van der Waals surface area contributed by atoms with Crippen LogP contribution in [-0.4, -0.2) is 36.1 Å². The molecular weight excluding hydrogens is 457 g/mol. The van der Waals surface area contributed by atoms with Crippen LogP contribution in [0.5, 0.6) is 5.75 Å². The Morgan fingerprint density at radius 3 is 2.35 bits per heavy atom. The Morgan fingerprint density at radius 1 is 1.06 bits per heavy atom. The van der Waals surface area contributed by atoms with Crippen molar-refractivity contribution in [1.29, 1.82) is 0 Å². The van der Waals surface area contributed by atoms with E-state index in [0.29, 0.717) is 5.39 Å². The van der Waals surface area contributed by atoms with Crippen LogP contribution in [0.2, 0.25) is 0 Å². The Balaban J connectivity index is 1.85. The van der Waals surface area contributed by atoms with Gasteiger partial charge < -0.3 is 23.7 Å². The quantitative estimate of drug-likeness (QED) is 0.447. The number of halogens is 3. The maximum atomic E-state index is 14.3. The van der Waals surface area contributed by atoms with E-state index in [4.69, 9.17) is 18.6 Å². The van der Waals surface area contributed by atoms with Gasteiger partial charge in [0.25, 0.3) is 5.60 Å². The maximum absolute atomic E-state index is 14.3. The fourth-order valence-corrected chi connectivity index (χ4v) is 4.05. The highest BCUT2D eigenvalue weighted by molar-refractivity contribution is 5.86. The fraction of sp³-hybridized carbons (Fsp3) is 0.333. The van der Waals surface area contributed by atoms with Gasteiger partial charge in [-0.25, -0.2) is 9.59 Å². The largest absolute Gasteiger partial charge is 0.484 e. The Kier molecular flexibility index (Phi) is 5.69. The number of carbonyl (C=O) groups is 1. The number of aliphatic hydroxyl groups is 1. The lowest BCUT2D eigenvalue weighted by molar-refractivity contribution is -0.281. The first kappa shape index (κ1) is 23.8. The summed E-state index contributed by atoms with van der Waals surface area (Å²) < 4.78 is 64.1. The van der Waals surface area contributed by atoms with E-state index in [1.54, 1.807) is 0 Å². The first-order valence-corrected chi connectivity index (χ1v) is 10.2. The maximum Gasteiger partial charge on any atom is 0.432 e. The number of aliphatic hydroxyl groups excluding tert-OH is 1. The molecule has 0 aliphatic carbocycles. The zero-order valence-corrected chi connectivity index (χ0v) is 18.4. The van der Waals surface area contributed by atoms with E-state index in [9.17, 15) is 27.9 Å². The summed E-state index contributed by atoms with van der Waals surface area (Å²) in [7, 11) is 0.759. The van der Waals surface area contributed by atoms with Gasteiger partial charge in [-0.15, -0.1) is 0 Å². The highest BCUT2D eigenvalue weighted by atomic mass is 19.4. The molecule has 0 unspecified atom stereocenters. The predicted molar refractivity (Wildman–Crippen MR) is 113 cm³/mol. The summed E-state index contributed by atoms with van der Waals surface area (Å²) in [5, 5.41) is 11.3. The third kappa shape index (κ3) is 3.63. The molecule has 34 heavy (non-hydrogen) atoms. The molecule has 0 saturated carbocycles. The van der Waals surface area contributed by atoms with Crippen molar-refractivity contribution in [3.63, 3.8) is 0 Å². The Bertz CT molecular complexity index is 1280. The van der Waals surface area contributed by atoms with Gasteiger partial charge in [0.15, 0.2) is 6.10 Å². The van der Waals surface area contributed by atoms with Crippen LogP contribution in [-0.2, 0) is 19.9 Å². The lowest BCUT2D eigenvalue weighted by Crippen LogP contribution is -2.55. The molecule has 180 valence electrons. The number of alkyl halides is 3. The van der Waals surface area contributed by atoms with E-state index in [1.165, 1.54) is 50.2 Å². The van der Waals surface area contributed by atoms with Crippen molar-refractivity contribution >= 4 is 16.9 Å². The smallest absolute Gasteiger partial charge is 0.432 e. The minimum absolute atomic E-state index is 0.113. The summed E-state index contributed by atoms with van der Waals surface area (Å²) in [6.07, 6.45) is -8.25. The van der Waals surface area contributed by atoms with Gasteiger partial charge in [0.05, 0.1) is 5.39 Å². The van der Waals surface area contributed by atoms with Crippen molar-refractivity contribution < 1.29 is 41.7 Å². The number of hydrogen-bond acceptors (Lipinski definition) is 7. The Morgan fingerprint density at radius 2 is 1.74 bits per heavy atom. The molecule has 1 aromatic heterocycles. The second-order valence-electron chi connectivity index (χ2n) is 8.38. The van der Waals surface area contributed by atoms with Crippen LogP contribution in [0.15, 0.2) is 63.8 Å². The third-order valence-corrected chi connectivity index (χ3v) is 5.86. The van der Waals surface area contributed by atoms with Crippen LogP contribution in [0.4, 0.5) is 13.2 Å². The average molecular weight is 478 g/mol. The number of esters is 1. The summed E-state index contributed by atoms with van der Waals surface area (Å²) in [6.45, 7) is 2.98. The van der Waals surface area contributed by atoms with E-state index >= 15 is 0 Å². The van der Waals surface area contributed by atoms with E-state index < -0.39 is 46.7 Å². The first-order valence-electron chi connectivity index (χ1n) is 10.2. The molecule has 3 aromatic rings. The zero-order chi connectivity index (χ0) is 24.9. The SMILES string of the molecule is CO[C@@](C(=O)O[C@@H]1c2ccc3oc(=O)ccc3c2OC(C)(C)[C@@H]1O)(c1ccccc1)C(F)(F)F. The number of carbonyl (C=O) groups excluding carboxylic acids is 1. The van der Waals surface area contributed by atoms with Crippen LogP contribution < -0.4 is 10.4 Å². The fourth-order valence-electron chi connectivity index (χ4n) is 4.05. The van der Waals surface area contributed by atoms with Crippen molar-refractivity contribution in [3.8, 4) is 5.75 Å². The second-order valence-corrected chi connectivity index (χ2v) is 8.38. The number of benzene rings is 2. The molecule has 3 atom stereocenters. The van der Waals surface area contributed by atoms with Crippen molar-refractivity contribution in [2.45, 2.75) is 43.4 Å². The molecule has 2 aromatic carbocycles. The Labute approximate surface area is 191 Å². The molecule has 1 aliphatic rings. The molecule has 10 heteroatoms. The van der Waals surface area contributed by atoms with Gasteiger partial charge in [-0.1, -0.05) is 30.3 Å². The van der Waals surface area contributed by atoms with Crippen LogP contribution >= 0.6 is 0 Å². The number of methoxy groups -OCH3 is 1. The Hall–Kier alpha value is -3.37. The van der Waals surface area contributed by atoms with Gasteiger partial charge in [0.2, 0.25) is 0 Å². The van der Waals surface area contributed by atoms with Gasteiger partial charge in [-0.05, 0) is 32.0 Å². The standard InChI is InChI=1S/C24H21F3O7/c1-22(2)20(29)19(15-9-11-16-14(18(15)34-22)10-12-17(28)32-16)33-21(30)23(31-3,24(25,26)27)13-7-5-4-6-8-13/h4-12,19-20,29H,1-3H3/t19-,20-,23-/m1/s1. The minimum atomic E-state index is -5.18. The van der Waals surface area contributed by atoms with Crippen LogP contribution in [0.3, 0.4) is 0 Å². The van der Waals surface area contributed by atoms with Gasteiger partial charge in [-0.3, -0.25) is 0 Å². The predicted octanol–water partition coefficient (Wildman–Crippen LogP) is 4.01. The molecule has 0 spiro atoms. The molecule has 4 rings (SSSR count). The van der Waals surface area contributed by atoms with Crippen molar-refractivity contribution in [2.24, 2.45) is 0 Å². The molecule has 2 heterocycles. The van der Waals surface area contributed by atoms with Crippen LogP contribution in [0, 0.1) is 0 Å². The normalized spacial score (nSPS) is 21.3. The molecule has 0 bridgehead atoms. The number of hydrogen-bond donors (Lipinski definition) is 1. The number of ether oxygens (including phenoxy) is 3. The molecule has 7 nitrogen and oxygen atoms in total. The third-order valence-electron chi connectivity index (χ3n) is 5.86. The van der Waals surface area contributed by atoms with Crippen molar-refractivity contribution in [2.75, 3.05) is 7.11 Å². The summed E-state index contributed by atoms with van der Waals surface area (Å²) in [5.41, 5.74) is -5.61. The summed E-state index contributed by atoms with van der Waals surface area (Å²) in [4.78, 5) is 24.8. The summed E-state index contributed by atoms with van der Waals surface area (Å²) in [6, 6.07) is 11.7. The van der Waals surface area contributed by atoms with E-state index in [-0.39, 0.29) is 16.9 Å². The van der Waals surface area contributed by atoms with E-state index in [1.807, 2.05) is 0 Å². The molecule has 1 N–H and O–H groups in total. The molecule has 0 amide bonds. The molecule has 1 aliphatic heterocycles. The molecule has 0 radical (unpaired) electrons. The highest BCUT2D eigenvalue weighted by Crippen LogP contribution is 2.48. The van der Waals surface area contributed by atoms with Gasteiger partial charge in [0, 0.05) is 24.3 Å². The van der Waals surface area contributed by atoms with Crippen molar-refractivity contribution in [1.82, 2.24) is 0 Å². The van der Waals surface area contributed by atoms with E-state index in [0.717, 1.165) is 25.3 Å².